The molecule has 3 nitrogen and oxygen atoms in total. The van der Waals surface area contributed by atoms with Gasteiger partial charge in [0.05, 0.1) is 18.3 Å². The first kappa shape index (κ1) is 20.2. The summed E-state index contributed by atoms with van der Waals surface area (Å²) in [5.74, 6) is 1.97. The molecule has 0 amide bonds. The molecule has 24 heavy (non-hydrogen) atoms. The Kier molecular flexibility index (Phi) is 7.58. The van der Waals surface area contributed by atoms with Crippen LogP contribution in [0.4, 0.5) is 0 Å². The molecule has 0 saturated heterocycles. The van der Waals surface area contributed by atoms with Gasteiger partial charge in [-0.1, -0.05) is 46.5 Å². The molecule has 2 aliphatic rings. The third kappa shape index (κ3) is 7.01. The van der Waals surface area contributed by atoms with Crippen LogP contribution in [0.5, 0.6) is 0 Å². The molecule has 2 fully saturated rings. The second kappa shape index (κ2) is 9.00. The van der Waals surface area contributed by atoms with Gasteiger partial charge in [-0.3, -0.25) is 0 Å². The lowest BCUT2D eigenvalue weighted by Crippen LogP contribution is -2.29. The fourth-order valence-electron chi connectivity index (χ4n) is 4.15. The van der Waals surface area contributed by atoms with E-state index in [9.17, 15) is 15.3 Å². The Bertz CT molecular complexity index is 356. The molecule has 3 N–H and O–H groups in total. The van der Waals surface area contributed by atoms with Crippen molar-refractivity contribution in [1.29, 1.82) is 0 Å². The van der Waals surface area contributed by atoms with E-state index >= 15 is 0 Å². The zero-order valence-electron chi connectivity index (χ0n) is 16.1. The third-order valence-electron chi connectivity index (χ3n) is 6.55. The summed E-state index contributed by atoms with van der Waals surface area (Å²) >= 11 is 0. The minimum atomic E-state index is -0.588. The first-order valence-electron chi connectivity index (χ1n) is 10.3. The van der Waals surface area contributed by atoms with E-state index < -0.39 is 12.2 Å². The van der Waals surface area contributed by atoms with Gasteiger partial charge in [0.2, 0.25) is 0 Å². The van der Waals surface area contributed by atoms with Crippen molar-refractivity contribution in [3.8, 4) is 0 Å². The van der Waals surface area contributed by atoms with Gasteiger partial charge in [-0.05, 0) is 68.1 Å². The largest absolute Gasteiger partial charge is 0.393 e. The van der Waals surface area contributed by atoms with Crippen molar-refractivity contribution in [3.63, 3.8) is 0 Å². The Morgan fingerprint density at radius 1 is 0.833 bits per heavy atom. The zero-order valence-corrected chi connectivity index (χ0v) is 16.1. The highest BCUT2D eigenvalue weighted by Gasteiger charge is 2.30. The van der Waals surface area contributed by atoms with Crippen molar-refractivity contribution >= 4 is 0 Å². The second-order valence-corrected chi connectivity index (χ2v) is 9.64. The quantitative estimate of drug-likeness (QED) is 0.556. The van der Waals surface area contributed by atoms with Crippen molar-refractivity contribution in [2.45, 2.75) is 110 Å². The van der Waals surface area contributed by atoms with Gasteiger partial charge in [-0.15, -0.1) is 0 Å². The van der Waals surface area contributed by atoms with Crippen LogP contribution in [-0.4, -0.2) is 33.6 Å². The number of hydrogen-bond donors (Lipinski definition) is 3. The van der Waals surface area contributed by atoms with Crippen LogP contribution in [0, 0.1) is 23.2 Å². The predicted octanol–water partition coefficient (Wildman–Crippen LogP) is 4.28. The number of aliphatic hydroxyl groups excluding tert-OH is 3. The van der Waals surface area contributed by atoms with Crippen LogP contribution < -0.4 is 0 Å². The highest BCUT2D eigenvalue weighted by molar-refractivity contribution is 4.82. The average molecular weight is 341 g/mol. The fraction of sp³-hybridized carbons (Fsp3) is 1.00. The van der Waals surface area contributed by atoms with Gasteiger partial charge in [0, 0.05) is 0 Å². The Balaban J connectivity index is 1.64. The molecule has 2 aliphatic carbocycles. The predicted molar refractivity (Wildman–Crippen MR) is 98.7 cm³/mol. The molecule has 2 rings (SSSR count). The molecule has 0 bridgehead atoms. The smallest absolute Gasteiger partial charge is 0.0801 e. The van der Waals surface area contributed by atoms with E-state index in [-0.39, 0.29) is 11.5 Å². The van der Waals surface area contributed by atoms with Gasteiger partial charge in [0.15, 0.2) is 0 Å². The van der Waals surface area contributed by atoms with Gasteiger partial charge >= 0.3 is 0 Å². The van der Waals surface area contributed by atoms with Gasteiger partial charge in [0.25, 0.3) is 0 Å². The Labute approximate surface area is 148 Å². The van der Waals surface area contributed by atoms with E-state index in [1.807, 2.05) is 0 Å². The summed E-state index contributed by atoms with van der Waals surface area (Å²) in [4.78, 5) is 0. The molecule has 0 heterocycles. The van der Waals surface area contributed by atoms with E-state index in [1.54, 1.807) is 0 Å². The van der Waals surface area contributed by atoms with Crippen molar-refractivity contribution in [1.82, 2.24) is 0 Å². The van der Waals surface area contributed by atoms with Crippen LogP contribution >= 0.6 is 0 Å². The zero-order chi connectivity index (χ0) is 17.7. The summed E-state index contributed by atoms with van der Waals surface area (Å²) in [5, 5.41) is 30.7. The van der Waals surface area contributed by atoms with E-state index in [2.05, 4.69) is 20.8 Å². The molecule has 0 aliphatic heterocycles. The molecule has 0 aromatic carbocycles. The van der Waals surface area contributed by atoms with Gasteiger partial charge < -0.3 is 15.3 Å². The monoisotopic (exact) mass is 340 g/mol. The molecule has 0 spiro atoms. The topological polar surface area (TPSA) is 60.7 Å². The molecule has 0 radical (unpaired) electrons. The highest BCUT2D eigenvalue weighted by atomic mass is 16.3. The van der Waals surface area contributed by atoms with Crippen molar-refractivity contribution < 1.29 is 15.3 Å². The summed E-state index contributed by atoms with van der Waals surface area (Å²) in [5.41, 5.74) is 0.114. The maximum Gasteiger partial charge on any atom is 0.0801 e. The molecule has 3 atom stereocenters. The van der Waals surface area contributed by atoms with Crippen molar-refractivity contribution in [2.75, 3.05) is 0 Å². The standard InChI is InChI=1S/C21H40O3/c1-15-4-8-17(9-5-15)18(22)10-12-21(2,3)13-11-19(23)20(24)14-16-6-7-16/h15-20,22-24H,4-14H2,1-3H3/t15?,17?,18-,19?,20?/m0/s1. The summed E-state index contributed by atoms with van der Waals surface area (Å²) < 4.78 is 0. The van der Waals surface area contributed by atoms with Crippen molar-refractivity contribution in [3.05, 3.63) is 0 Å². The summed E-state index contributed by atoms with van der Waals surface area (Å²) in [6, 6.07) is 0. The molecule has 2 unspecified atom stereocenters. The first-order chi connectivity index (χ1) is 11.3. The minimum absolute atomic E-state index is 0.114. The van der Waals surface area contributed by atoms with Gasteiger partial charge in [-0.25, -0.2) is 0 Å². The SMILES string of the molecule is CC1CCC([C@@H](O)CCC(C)(C)CCC(O)C(O)CC2CC2)CC1. The highest BCUT2D eigenvalue weighted by Crippen LogP contribution is 2.37. The van der Waals surface area contributed by atoms with E-state index in [4.69, 9.17) is 0 Å². The van der Waals surface area contributed by atoms with E-state index in [0.717, 1.165) is 31.6 Å². The summed E-state index contributed by atoms with van der Waals surface area (Å²) in [6.07, 6.45) is 10.2. The maximum absolute atomic E-state index is 10.5. The minimum Gasteiger partial charge on any atom is -0.393 e. The number of aliphatic hydroxyl groups is 3. The van der Waals surface area contributed by atoms with E-state index in [1.165, 1.54) is 38.5 Å². The normalized spacial score (nSPS) is 29.2. The van der Waals surface area contributed by atoms with E-state index in [0.29, 0.717) is 18.3 Å². The van der Waals surface area contributed by atoms with Crippen LogP contribution in [0.1, 0.15) is 91.4 Å². The van der Waals surface area contributed by atoms with Crippen molar-refractivity contribution in [2.24, 2.45) is 23.2 Å². The molecular formula is C21H40O3. The fourth-order valence-corrected chi connectivity index (χ4v) is 4.15. The lowest BCUT2D eigenvalue weighted by Gasteiger charge is -2.32. The molecular weight excluding hydrogens is 300 g/mol. The molecule has 2 saturated carbocycles. The van der Waals surface area contributed by atoms with Crippen LogP contribution in [0.15, 0.2) is 0 Å². The lowest BCUT2D eigenvalue weighted by molar-refractivity contribution is -0.00158. The van der Waals surface area contributed by atoms with Crippen LogP contribution in [0.2, 0.25) is 0 Å². The molecule has 142 valence electrons. The van der Waals surface area contributed by atoms with Gasteiger partial charge in [0.1, 0.15) is 0 Å². The lowest BCUT2D eigenvalue weighted by atomic mass is 9.76. The summed E-state index contributed by atoms with van der Waals surface area (Å²) in [7, 11) is 0. The molecule has 0 aromatic rings. The summed E-state index contributed by atoms with van der Waals surface area (Å²) in [6.45, 7) is 6.76. The molecule has 0 aromatic heterocycles. The third-order valence-corrected chi connectivity index (χ3v) is 6.55. The Hall–Kier alpha value is -0.120. The van der Waals surface area contributed by atoms with Crippen LogP contribution in [0.3, 0.4) is 0 Å². The van der Waals surface area contributed by atoms with Gasteiger partial charge in [-0.2, -0.15) is 0 Å². The number of hydrogen-bond acceptors (Lipinski definition) is 3. The van der Waals surface area contributed by atoms with Crippen LogP contribution in [0.25, 0.3) is 0 Å². The second-order valence-electron chi connectivity index (χ2n) is 9.64. The maximum atomic E-state index is 10.5. The average Bonchev–Trinajstić information content (AvgIpc) is 3.35. The molecule has 3 heteroatoms. The Morgan fingerprint density at radius 2 is 1.42 bits per heavy atom. The Morgan fingerprint density at radius 3 is 2.00 bits per heavy atom. The first-order valence-corrected chi connectivity index (χ1v) is 10.3. The van der Waals surface area contributed by atoms with Crippen LogP contribution in [-0.2, 0) is 0 Å². The number of rotatable bonds is 10.